The first-order chi connectivity index (χ1) is 18.9. The average molecular weight is 540 g/mol. The molecule has 0 spiro atoms. The van der Waals surface area contributed by atoms with Gasteiger partial charge in [0.1, 0.15) is 0 Å². The van der Waals surface area contributed by atoms with Gasteiger partial charge in [-0.2, -0.15) is 5.10 Å². The third-order valence-electron chi connectivity index (χ3n) is 8.38. The number of amides is 1. The molecule has 2 saturated carbocycles. The SMILES string of the molecule is Cn1ncc2cc(-c3ccc(CN(C(=O)[C@@H]4C[C@@H]5CC[C@H]4C5)c4cccc(/C=C/C(=O)O)c4)c(Cl)c3)ccc21. The topological polar surface area (TPSA) is 75.4 Å². The summed E-state index contributed by atoms with van der Waals surface area (Å²) in [6, 6.07) is 19.7. The normalized spacial score (nSPS) is 20.2. The summed E-state index contributed by atoms with van der Waals surface area (Å²) in [4.78, 5) is 26.9. The molecule has 6 nitrogen and oxygen atoms in total. The summed E-state index contributed by atoms with van der Waals surface area (Å²) >= 11 is 6.85. The number of hydrogen-bond donors (Lipinski definition) is 1. The highest BCUT2D eigenvalue weighted by molar-refractivity contribution is 6.31. The van der Waals surface area contributed by atoms with E-state index in [1.54, 1.807) is 6.08 Å². The molecule has 0 unspecified atom stereocenters. The first-order valence-electron chi connectivity index (χ1n) is 13.4. The molecule has 1 amide bonds. The largest absolute Gasteiger partial charge is 0.478 e. The van der Waals surface area contributed by atoms with Crippen LogP contribution >= 0.6 is 11.6 Å². The Morgan fingerprint density at radius 1 is 1.08 bits per heavy atom. The Morgan fingerprint density at radius 2 is 1.90 bits per heavy atom. The second-order valence-electron chi connectivity index (χ2n) is 10.8. The number of benzene rings is 3. The minimum absolute atomic E-state index is 0.0197. The fraction of sp³-hybridized carbons (Fsp3) is 0.281. The van der Waals surface area contributed by atoms with Gasteiger partial charge in [0.2, 0.25) is 5.91 Å². The van der Waals surface area contributed by atoms with Crippen molar-refractivity contribution < 1.29 is 14.7 Å². The number of aryl methyl sites for hydroxylation is 1. The van der Waals surface area contributed by atoms with E-state index >= 15 is 0 Å². The van der Waals surface area contributed by atoms with Crippen LogP contribution in [0, 0.1) is 17.8 Å². The Kier molecular flexibility index (Phi) is 6.73. The molecule has 198 valence electrons. The molecular formula is C32H30ClN3O3. The van der Waals surface area contributed by atoms with Crippen molar-refractivity contribution in [2.24, 2.45) is 24.8 Å². The van der Waals surface area contributed by atoms with E-state index in [0.29, 0.717) is 23.4 Å². The maximum Gasteiger partial charge on any atom is 0.328 e. The molecule has 39 heavy (non-hydrogen) atoms. The van der Waals surface area contributed by atoms with Gasteiger partial charge < -0.3 is 10.0 Å². The van der Waals surface area contributed by atoms with Gasteiger partial charge >= 0.3 is 5.97 Å². The number of nitrogens with zero attached hydrogens (tertiary/aromatic N) is 3. The van der Waals surface area contributed by atoms with Crippen LogP contribution in [0.4, 0.5) is 5.69 Å². The molecule has 6 rings (SSSR count). The smallest absolute Gasteiger partial charge is 0.328 e. The van der Waals surface area contributed by atoms with Gasteiger partial charge in [-0.3, -0.25) is 9.48 Å². The van der Waals surface area contributed by atoms with Crippen LogP contribution in [0.1, 0.15) is 36.8 Å². The van der Waals surface area contributed by atoms with E-state index in [-0.39, 0.29) is 11.8 Å². The number of aliphatic carboxylic acids is 1. The zero-order valence-corrected chi connectivity index (χ0v) is 22.5. The maximum absolute atomic E-state index is 14.0. The van der Waals surface area contributed by atoms with Crippen LogP contribution in [0.3, 0.4) is 0 Å². The minimum Gasteiger partial charge on any atom is -0.478 e. The number of carbonyl (C=O) groups is 2. The third-order valence-corrected chi connectivity index (χ3v) is 8.73. The summed E-state index contributed by atoms with van der Waals surface area (Å²) < 4.78 is 1.85. The Hall–Kier alpha value is -3.90. The van der Waals surface area contributed by atoms with Gasteiger partial charge in [-0.15, -0.1) is 0 Å². The molecule has 4 aromatic rings. The summed E-state index contributed by atoms with van der Waals surface area (Å²) in [6.07, 6.45) is 8.94. The second kappa shape index (κ2) is 10.3. The van der Waals surface area contributed by atoms with Gasteiger partial charge in [0.15, 0.2) is 0 Å². The summed E-state index contributed by atoms with van der Waals surface area (Å²) in [5.41, 5.74) is 5.46. The van der Waals surface area contributed by atoms with Crippen LogP contribution in [0.25, 0.3) is 28.1 Å². The summed E-state index contributed by atoms with van der Waals surface area (Å²) in [5, 5.41) is 15.1. The van der Waals surface area contributed by atoms with Crippen LogP contribution < -0.4 is 4.90 Å². The van der Waals surface area contributed by atoms with Crippen molar-refractivity contribution in [3.05, 3.63) is 89.1 Å². The molecule has 3 atom stereocenters. The van der Waals surface area contributed by atoms with Crippen molar-refractivity contribution in [1.29, 1.82) is 0 Å². The highest BCUT2D eigenvalue weighted by Gasteiger charge is 2.44. The quantitative estimate of drug-likeness (QED) is 0.257. The Bertz CT molecular complexity index is 1610. The lowest BCUT2D eigenvalue weighted by Crippen LogP contribution is -2.38. The van der Waals surface area contributed by atoms with Gasteiger partial charge in [-0.1, -0.05) is 48.4 Å². The zero-order chi connectivity index (χ0) is 27.1. The Balaban J connectivity index is 1.32. The molecule has 3 aromatic carbocycles. The monoisotopic (exact) mass is 539 g/mol. The van der Waals surface area contributed by atoms with Gasteiger partial charge in [0, 0.05) is 35.1 Å². The molecular weight excluding hydrogens is 510 g/mol. The second-order valence-corrected chi connectivity index (χ2v) is 11.2. The Labute approximate surface area is 232 Å². The van der Waals surface area contributed by atoms with Crippen LogP contribution in [-0.2, 0) is 23.2 Å². The third kappa shape index (κ3) is 5.09. The van der Waals surface area contributed by atoms with Gasteiger partial charge in [-0.25, -0.2) is 4.79 Å². The lowest BCUT2D eigenvalue weighted by Gasteiger charge is -2.30. The summed E-state index contributed by atoms with van der Waals surface area (Å²) in [6.45, 7) is 0.347. The highest BCUT2D eigenvalue weighted by Crippen LogP contribution is 2.49. The first-order valence-corrected chi connectivity index (χ1v) is 13.8. The van der Waals surface area contributed by atoms with Gasteiger partial charge in [0.25, 0.3) is 0 Å². The van der Waals surface area contributed by atoms with Crippen LogP contribution in [0.5, 0.6) is 0 Å². The van der Waals surface area contributed by atoms with E-state index < -0.39 is 5.97 Å². The standard InChI is InChI=1S/C32H30ClN3O3/c1-35-30-11-10-22(16-26(30)18-34-35)23-8-9-25(29(33)17-23)19-36(32(39)28-15-21-5-7-24(28)13-21)27-4-2-3-20(14-27)6-12-31(37)38/h2-4,6,8-12,14,16-18,21,24,28H,5,7,13,15,19H2,1H3,(H,37,38)/b12-6+/t21-,24+,28-/m1/s1. The number of carbonyl (C=O) groups excluding carboxylic acids is 1. The molecule has 0 saturated heterocycles. The Morgan fingerprint density at radius 3 is 2.64 bits per heavy atom. The highest BCUT2D eigenvalue weighted by atomic mass is 35.5. The molecule has 0 aliphatic heterocycles. The van der Waals surface area contributed by atoms with Crippen molar-refractivity contribution in [2.45, 2.75) is 32.2 Å². The van der Waals surface area contributed by atoms with Crippen LogP contribution in [-0.4, -0.2) is 26.8 Å². The van der Waals surface area contributed by atoms with Gasteiger partial charge in [-0.05, 0) is 89.8 Å². The molecule has 1 N–H and O–H groups in total. The molecule has 2 aliphatic carbocycles. The van der Waals surface area contributed by atoms with Gasteiger partial charge in [0.05, 0.1) is 18.3 Å². The fourth-order valence-electron chi connectivity index (χ4n) is 6.38. The molecule has 7 heteroatoms. The molecule has 1 heterocycles. The predicted molar refractivity (Wildman–Crippen MR) is 154 cm³/mol. The number of rotatable bonds is 7. The number of anilines is 1. The lowest BCUT2D eigenvalue weighted by molar-refractivity contribution is -0.131. The molecule has 0 radical (unpaired) electrons. The molecule has 1 aromatic heterocycles. The summed E-state index contributed by atoms with van der Waals surface area (Å²) in [7, 11) is 1.93. The number of fused-ring (bicyclic) bond motifs is 3. The van der Waals surface area contributed by atoms with Crippen molar-refractivity contribution in [3.63, 3.8) is 0 Å². The number of carboxylic acids is 1. The van der Waals surface area contributed by atoms with E-state index in [1.165, 1.54) is 6.42 Å². The average Bonchev–Trinajstić information content (AvgIpc) is 3.67. The van der Waals surface area contributed by atoms with E-state index in [1.807, 2.05) is 65.3 Å². The van der Waals surface area contributed by atoms with Crippen molar-refractivity contribution >= 4 is 46.1 Å². The minimum atomic E-state index is -1.01. The molecule has 2 bridgehead atoms. The van der Waals surface area contributed by atoms with Crippen LogP contribution in [0.2, 0.25) is 5.02 Å². The van der Waals surface area contributed by atoms with E-state index in [9.17, 15) is 9.59 Å². The van der Waals surface area contributed by atoms with E-state index in [4.69, 9.17) is 16.7 Å². The predicted octanol–water partition coefficient (Wildman–Crippen LogP) is 6.96. The van der Waals surface area contributed by atoms with Crippen molar-refractivity contribution in [1.82, 2.24) is 9.78 Å². The van der Waals surface area contributed by atoms with E-state index in [0.717, 1.165) is 64.2 Å². The van der Waals surface area contributed by atoms with Crippen molar-refractivity contribution in [3.8, 4) is 11.1 Å². The number of hydrogen-bond acceptors (Lipinski definition) is 3. The van der Waals surface area contributed by atoms with Crippen molar-refractivity contribution in [2.75, 3.05) is 4.90 Å². The first kappa shape index (κ1) is 25.4. The number of carboxylic acid groups (broad SMARTS) is 1. The lowest BCUT2D eigenvalue weighted by atomic mass is 9.87. The number of halogens is 1. The maximum atomic E-state index is 14.0. The van der Waals surface area contributed by atoms with Crippen LogP contribution in [0.15, 0.2) is 72.9 Å². The fourth-order valence-corrected chi connectivity index (χ4v) is 6.62. The molecule has 2 fully saturated rings. The zero-order valence-electron chi connectivity index (χ0n) is 21.8. The summed E-state index contributed by atoms with van der Waals surface area (Å²) in [5.74, 6) is 0.232. The van der Waals surface area contributed by atoms with E-state index in [2.05, 4.69) is 23.3 Å². The number of aromatic nitrogens is 2. The molecule has 2 aliphatic rings.